The van der Waals surface area contributed by atoms with Gasteiger partial charge in [-0.2, -0.15) is 0 Å². The molecule has 0 aliphatic heterocycles. The van der Waals surface area contributed by atoms with E-state index in [4.69, 9.17) is 15.7 Å². The van der Waals surface area contributed by atoms with Gasteiger partial charge in [-0.15, -0.1) is 0 Å². The SMILES string of the molecule is N/C(=N\O)c1c(F)cccc1OCc1cccc(Br)c1. The molecule has 0 amide bonds. The molecule has 0 unspecified atom stereocenters. The van der Waals surface area contributed by atoms with Crippen LogP contribution in [0.25, 0.3) is 0 Å². The number of halogens is 2. The number of oxime groups is 1. The summed E-state index contributed by atoms with van der Waals surface area (Å²) in [5.41, 5.74) is 6.32. The van der Waals surface area contributed by atoms with E-state index in [9.17, 15) is 4.39 Å². The first kappa shape index (κ1) is 14.3. The molecule has 3 N–H and O–H groups in total. The number of rotatable bonds is 4. The number of nitrogens with two attached hydrogens (primary N) is 1. The molecule has 104 valence electrons. The molecule has 2 aromatic rings. The van der Waals surface area contributed by atoms with Gasteiger partial charge in [0, 0.05) is 4.47 Å². The van der Waals surface area contributed by atoms with Crippen LogP contribution in [0, 0.1) is 5.82 Å². The highest BCUT2D eigenvalue weighted by atomic mass is 79.9. The Kier molecular flexibility index (Phi) is 4.57. The highest BCUT2D eigenvalue weighted by molar-refractivity contribution is 9.10. The second-order valence-corrected chi connectivity index (χ2v) is 4.93. The van der Waals surface area contributed by atoms with E-state index >= 15 is 0 Å². The Morgan fingerprint density at radius 2 is 2.05 bits per heavy atom. The van der Waals surface area contributed by atoms with Gasteiger partial charge in [-0.3, -0.25) is 0 Å². The van der Waals surface area contributed by atoms with Crippen LogP contribution in [0.5, 0.6) is 5.75 Å². The molecule has 0 aromatic heterocycles. The zero-order valence-electron chi connectivity index (χ0n) is 10.4. The van der Waals surface area contributed by atoms with Crippen molar-refractivity contribution in [3.05, 3.63) is 63.9 Å². The van der Waals surface area contributed by atoms with Gasteiger partial charge < -0.3 is 15.7 Å². The van der Waals surface area contributed by atoms with Crippen LogP contribution in [-0.2, 0) is 6.61 Å². The van der Waals surface area contributed by atoms with Crippen molar-refractivity contribution < 1.29 is 14.3 Å². The van der Waals surface area contributed by atoms with Crippen molar-refractivity contribution in [2.75, 3.05) is 0 Å². The second kappa shape index (κ2) is 6.38. The predicted octanol–water partition coefficient (Wildman–Crippen LogP) is 3.26. The highest BCUT2D eigenvalue weighted by Gasteiger charge is 2.14. The molecule has 2 aromatic carbocycles. The van der Waals surface area contributed by atoms with E-state index < -0.39 is 5.82 Å². The lowest BCUT2D eigenvalue weighted by molar-refractivity contribution is 0.301. The third-order valence-electron chi connectivity index (χ3n) is 2.62. The smallest absolute Gasteiger partial charge is 0.176 e. The third kappa shape index (κ3) is 3.27. The molecule has 2 rings (SSSR count). The fraction of sp³-hybridized carbons (Fsp3) is 0.0714. The lowest BCUT2D eigenvalue weighted by Crippen LogP contribution is -2.17. The largest absolute Gasteiger partial charge is 0.488 e. The summed E-state index contributed by atoms with van der Waals surface area (Å²) >= 11 is 3.36. The van der Waals surface area contributed by atoms with Crippen LogP contribution in [0.4, 0.5) is 4.39 Å². The molecule has 0 fully saturated rings. The molecular formula is C14H12BrFN2O2. The molecule has 0 aliphatic carbocycles. The molecular weight excluding hydrogens is 327 g/mol. The first-order valence-corrected chi connectivity index (χ1v) is 6.54. The fourth-order valence-electron chi connectivity index (χ4n) is 1.71. The van der Waals surface area contributed by atoms with Crippen molar-refractivity contribution in [2.45, 2.75) is 6.61 Å². The molecule has 4 nitrogen and oxygen atoms in total. The summed E-state index contributed by atoms with van der Waals surface area (Å²) in [7, 11) is 0. The molecule has 0 saturated carbocycles. The summed E-state index contributed by atoms with van der Waals surface area (Å²) in [4.78, 5) is 0. The molecule has 0 atom stereocenters. The maximum atomic E-state index is 13.7. The van der Waals surface area contributed by atoms with Gasteiger partial charge in [0.05, 0.1) is 5.56 Å². The van der Waals surface area contributed by atoms with E-state index in [0.717, 1.165) is 10.0 Å². The topological polar surface area (TPSA) is 67.8 Å². The Hall–Kier alpha value is -2.08. The maximum absolute atomic E-state index is 13.7. The minimum Gasteiger partial charge on any atom is -0.488 e. The number of ether oxygens (including phenoxy) is 1. The molecule has 0 saturated heterocycles. The quantitative estimate of drug-likeness (QED) is 0.389. The Bertz CT molecular complexity index is 647. The van der Waals surface area contributed by atoms with Gasteiger partial charge in [-0.1, -0.05) is 39.3 Å². The Balaban J connectivity index is 2.24. The zero-order valence-corrected chi connectivity index (χ0v) is 12.0. The lowest BCUT2D eigenvalue weighted by atomic mass is 10.1. The van der Waals surface area contributed by atoms with Gasteiger partial charge in [0.1, 0.15) is 18.2 Å². The molecule has 0 bridgehead atoms. The van der Waals surface area contributed by atoms with E-state index in [1.165, 1.54) is 12.1 Å². The Morgan fingerprint density at radius 3 is 2.75 bits per heavy atom. The molecule has 20 heavy (non-hydrogen) atoms. The van der Waals surface area contributed by atoms with E-state index in [1.807, 2.05) is 24.3 Å². The standard InChI is InChI=1S/C14H12BrFN2O2/c15-10-4-1-3-9(7-10)8-20-12-6-2-5-11(16)13(12)14(17)18-19/h1-7,19H,8H2,(H2,17,18). The minimum absolute atomic E-state index is 0.0509. The van der Waals surface area contributed by atoms with Crippen molar-refractivity contribution >= 4 is 21.8 Å². The second-order valence-electron chi connectivity index (χ2n) is 4.02. The van der Waals surface area contributed by atoms with Crippen LogP contribution >= 0.6 is 15.9 Å². The first-order valence-electron chi connectivity index (χ1n) is 5.75. The van der Waals surface area contributed by atoms with E-state index in [-0.39, 0.29) is 23.8 Å². The summed E-state index contributed by atoms with van der Waals surface area (Å²) in [6.07, 6.45) is 0. The first-order chi connectivity index (χ1) is 9.61. The monoisotopic (exact) mass is 338 g/mol. The fourth-order valence-corrected chi connectivity index (χ4v) is 2.16. The van der Waals surface area contributed by atoms with Crippen LogP contribution in [-0.4, -0.2) is 11.0 Å². The number of hydrogen-bond donors (Lipinski definition) is 2. The van der Waals surface area contributed by atoms with E-state index in [0.29, 0.717) is 0 Å². The number of amidine groups is 1. The molecule has 0 radical (unpaired) electrons. The van der Waals surface area contributed by atoms with Crippen molar-refractivity contribution in [2.24, 2.45) is 10.9 Å². The van der Waals surface area contributed by atoms with Gasteiger partial charge in [-0.05, 0) is 29.8 Å². The van der Waals surface area contributed by atoms with Crippen LogP contribution < -0.4 is 10.5 Å². The van der Waals surface area contributed by atoms with Crippen LogP contribution in [0.1, 0.15) is 11.1 Å². The van der Waals surface area contributed by atoms with Gasteiger partial charge in [-0.25, -0.2) is 4.39 Å². The molecule has 0 aliphatic rings. The predicted molar refractivity (Wildman–Crippen MR) is 77.4 cm³/mol. The molecule has 6 heteroatoms. The van der Waals surface area contributed by atoms with Crippen LogP contribution in [0.15, 0.2) is 52.1 Å². The number of benzene rings is 2. The van der Waals surface area contributed by atoms with Crippen molar-refractivity contribution in [1.82, 2.24) is 0 Å². The third-order valence-corrected chi connectivity index (χ3v) is 3.12. The van der Waals surface area contributed by atoms with E-state index in [1.54, 1.807) is 6.07 Å². The van der Waals surface area contributed by atoms with Crippen molar-refractivity contribution in [3.63, 3.8) is 0 Å². The maximum Gasteiger partial charge on any atom is 0.176 e. The van der Waals surface area contributed by atoms with Gasteiger partial charge >= 0.3 is 0 Å². The van der Waals surface area contributed by atoms with Gasteiger partial charge in [0.2, 0.25) is 0 Å². The summed E-state index contributed by atoms with van der Waals surface area (Å²) in [5, 5.41) is 11.5. The van der Waals surface area contributed by atoms with Crippen LogP contribution in [0.3, 0.4) is 0 Å². The van der Waals surface area contributed by atoms with Gasteiger partial charge in [0.25, 0.3) is 0 Å². The van der Waals surface area contributed by atoms with Crippen LogP contribution in [0.2, 0.25) is 0 Å². The van der Waals surface area contributed by atoms with Crippen molar-refractivity contribution in [1.29, 1.82) is 0 Å². The average molecular weight is 339 g/mol. The minimum atomic E-state index is -0.605. The number of hydrogen-bond acceptors (Lipinski definition) is 3. The number of nitrogens with zero attached hydrogens (tertiary/aromatic N) is 1. The zero-order chi connectivity index (χ0) is 14.5. The lowest BCUT2D eigenvalue weighted by Gasteiger charge is -2.11. The summed E-state index contributed by atoms with van der Waals surface area (Å²) in [6, 6.07) is 11.8. The highest BCUT2D eigenvalue weighted by Crippen LogP contribution is 2.23. The Labute approximate surface area is 123 Å². The summed E-state index contributed by atoms with van der Waals surface area (Å²) in [6.45, 7) is 0.245. The summed E-state index contributed by atoms with van der Waals surface area (Å²) < 4.78 is 20.2. The average Bonchev–Trinajstić information content (AvgIpc) is 2.44. The summed E-state index contributed by atoms with van der Waals surface area (Å²) in [5.74, 6) is -0.709. The normalized spacial score (nSPS) is 11.4. The Morgan fingerprint density at radius 1 is 1.30 bits per heavy atom. The van der Waals surface area contributed by atoms with Gasteiger partial charge in [0.15, 0.2) is 5.84 Å². The van der Waals surface area contributed by atoms with E-state index in [2.05, 4.69) is 21.1 Å². The molecule has 0 heterocycles. The van der Waals surface area contributed by atoms with Crippen molar-refractivity contribution in [3.8, 4) is 5.75 Å². The molecule has 0 spiro atoms.